The highest BCUT2D eigenvalue weighted by Gasteiger charge is 2.60. The zero-order valence-corrected chi connectivity index (χ0v) is 20.9. The number of halogens is 1. The third-order valence-corrected chi connectivity index (χ3v) is 8.49. The van der Waals surface area contributed by atoms with Crippen LogP contribution in [-0.2, 0) is 19.5 Å². The van der Waals surface area contributed by atoms with Crippen LogP contribution in [0, 0.1) is 18.2 Å². The number of pyridine rings is 1. The number of carbonyl (C=O) groups is 1. The molecule has 0 aliphatic rings. The Morgan fingerprint density at radius 3 is 2.41 bits per heavy atom. The molecular weight excluding hydrogens is 476 g/mol. The molecule has 0 aliphatic carbocycles. The highest BCUT2D eigenvalue weighted by molar-refractivity contribution is 7.43. The van der Waals surface area contributed by atoms with Crippen LogP contribution in [0.1, 0.15) is 37.9 Å². The number of carboxylic acids is 1. The Bertz CT molecular complexity index is 1270. The van der Waals surface area contributed by atoms with Crippen molar-refractivity contribution in [1.82, 2.24) is 4.98 Å². The monoisotopic (exact) mass is 501 g/mol. The highest BCUT2D eigenvalue weighted by Crippen LogP contribution is 2.54. The van der Waals surface area contributed by atoms with Crippen LogP contribution in [-0.4, -0.2) is 33.4 Å². The number of aliphatic hydroxyl groups is 1. The number of aliphatic carboxylic acids is 1. The van der Waals surface area contributed by atoms with Crippen molar-refractivity contribution in [3.05, 3.63) is 64.9 Å². The fourth-order valence-corrected chi connectivity index (χ4v) is 5.81. The van der Waals surface area contributed by atoms with Gasteiger partial charge in [0.25, 0.3) is 0 Å². The van der Waals surface area contributed by atoms with Gasteiger partial charge in [0.15, 0.2) is 0 Å². The zero-order valence-electron chi connectivity index (χ0n) is 19.1. The molecule has 2 aromatic heterocycles. The molecule has 3 unspecified atom stereocenters. The van der Waals surface area contributed by atoms with Gasteiger partial charge in [-0.05, 0) is 53.6 Å². The molecule has 2 N–H and O–H groups in total. The third kappa shape index (κ3) is 4.21. The minimum Gasteiger partial charge on any atom is -0.480 e. The molecular formula is C25H25FNO5PS. The molecule has 178 valence electrons. The lowest BCUT2D eigenvalue weighted by Gasteiger charge is -2.39. The molecule has 2 heterocycles. The summed E-state index contributed by atoms with van der Waals surface area (Å²) < 4.78 is 31.6. The van der Waals surface area contributed by atoms with Crippen molar-refractivity contribution < 1.29 is 28.5 Å². The Balaban J connectivity index is 2.50. The molecule has 0 radical (unpaired) electrons. The first-order valence-corrected chi connectivity index (χ1v) is 12.6. The second-order valence-electron chi connectivity index (χ2n) is 8.22. The second-order valence-corrected chi connectivity index (χ2v) is 10.9. The molecule has 6 nitrogen and oxygen atoms in total. The fraction of sp³-hybridized carbons (Fsp3) is 0.280. The number of terminal acetylenes is 1. The standard InChI is InChI=1S/C25H25FNO5PS/c1-6-25(23(28)29,33(31)32-5)24(4,30)21-18(16-9-11-17(26)12-10-16)14-19(20-8-7-13-34-20)27-22(21)15(2)3/h1,7-15,30,33H,2-5H3,(H,28,29). The van der Waals surface area contributed by atoms with Gasteiger partial charge in [0.1, 0.15) is 11.4 Å². The maximum atomic E-state index is 13.7. The fourth-order valence-electron chi connectivity index (χ4n) is 4.00. The van der Waals surface area contributed by atoms with E-state index in [1.807, 2.05) is 31.4 Å². The van der Waals surface area contributed by atoms with Crippen molar-refractivity contribution in [3.63, 3.8) is 0 Å². The Morgan fingerprint density at radius 1 is 1.29 bits per heavy atom. The number of benzene rings is 1. The highest BCUT2D eigenvalue weighted by atomic mass is 32.1. The van der Waals surface area contributed by atoms with Gasteiger partial charge in [0, 0.05) is 12.7 Å². The number of hydrogen-bond acceptors (Lipinski definition) is 6. The summed E-state index contributed by atoms with van der Waals surface area (Å²) in [4.78, 5) is 18.1. The van der Waals surface area contributed by atoms with E-state index in [9.17, 15) is 24.0 Å². The van der Waals surface area contributed by atoms with Crippen LogP contribution in [0.5, 0.6) is 0 Å². The van der Waals surface area contributed by atoms with E-state index in [0.717, 1.165) is 12.0 Å². The van der Waals surface area contributed by atoms with Crippen LogP contribution >= 0.6 is 19.4 Å². The summed E-state index contributed by atoms with van der Waals surface area (Å²) in [6.45, 7) is 4.89. The quantitative estimate of drug-likeness (QED) is 0.311. The Labute approximate surface area is 202 Å². The van der Waals surface area contributed by atoms with Gasteiger partial charge in [-0.15, -0.1) is 17.8 Å². The lowest BCUT2D eigenvalue weighted by atomic mass is 9.76. The maximum Gasteiger partial charge on any atom is 0.335 e. The van der Waals surface area contributed by atoms with Gasteiger partial charge < -0.3 is 14.7 Å². The largest absolute Gasteiger partial charge is 0.480 e. The summed E-state index contributed by atoms with van der Waals surface area (Å²) in [5, 5.41) is 21.4. The molecule has 0 saturated carbocycles. The van der Waals surface area contributed by atoms with Gasteiger partial charge in [-0.2, -0.15) is 0 Å². The minimum absolute atomic E-state index is 0.102. The molecule has 0 amide bonds. The molecule has 3 aromatic rings. The van der Waals surface area contributed by atoms with Crippen molar-refractivity contribution in [2.45, 2.75) is 37.4 Å². The Morgan fingerprint density at radius 2 is 1.94 bits per heavy atom. The van der Waals surface area contributed by atoms with E-state index in [1.165, 1.54) is 42.5 Å². The summed E-state index contributed by atoms with van der Waals surface area (Å²) in [7, 11) is -2.42. The minimum atomic E-state index is -3.50. The molecule has 0 spiro atoms. The van der Waals surface area contributed by atoms with E-state index >= 15 is 0 Å². The van der Waals surface area contributed by atoms with Crippen molar-refractivity contribution >= 4 is 25.3 Å². The molecule has 0 saturated heterocycles. The van der Waals surface area contributed by atoms with Gasteiger partial charge in [-0.25, -0.2) is 9.18 Å². The van der Waals surface area contributed by atoms with E-state index in [0.29, 0.717) is 22.5 Å². The van der Waals surface area contributed by atoms with E-state index in [2.05, 4.69) is 5.92 Å². The van der Waals surface area contributed by atoms with Crippen LogP contribution < -0.4 is 0 Å². The van der Waals surface area contributed by atoms with Crippen molar-refractivity contribution in [3.8, 4) is 34.0 Å². The number of aromatic nitrogens is 1. The molecule has 0 fully saturated rings. The summed E-state index contributed by atoms with van der Waals surface area (Å²) in [6.07, 6.45) is 5.64. The van der Waals surface area contributed by atoms with Crippen LogP contribution in [0.4, 0.5) is 4.39 Å². The van der Waals surface area contributed by atoms with Gasteiger partial charge in [0.05, 0.1) is 16.3 Å². The average molecular weight is 502 g/mol. The molecule has 3 rings (SSSR count). The SMILES string of the molecule is C#CC(C(=O)O)([PH](=O)OC)C(C)(O)c1c(-c2ccc(F)cc2)cc(-c2cccs2)nc1C(C)C. The first kappa shape index (κ1) is 25.8. The van der Waals surface area contributed by atoms with Gasteiger partial charge in [-0.1, -0.05) is 38.0 Å². The molecule has 9 heteroatoms. The van der Waals surface area contributed by atoms with Gasteiger partial charge >= 0.3 is 5.97 Å². The second kappa shape index (κ2) is 9.81. The number of carboxylic acid groups (broad SMARTS) is 1. The predicted molar refractivity (Wildman–Crippen MR) is 132 cm³/mol. The summed E-state index contributed by atoms with van der Waals surface area (Å²) in [5.74, 6) is -0.326. The van der Waals surface area contributed by atoms with Crippen LogP contribution in [0.15, 0.2) is 47.8 Å². The van der Waals surface area contributed by atoms with Crippen molar-refractivity contribution in [2.75, 3.05) is 7.11 Å². The van der Waals surface area contributed by atoms with Crippen LogP contribution in [0.3, 0.4) is 0 Å². The zero-order chi connectivity index (χ0) is 25.3. The Hall–Kier alpha value is -2.82. The van der Waals surface area contributed by atoms with Gasteiger partial charge in [-0.3, -0.25) is 9.55 Å². The lowest BCUT2D eigenvalue weighted by molar-refractivity contribution is -0.145. The van der Waals surface area contributed by atoms with Crippen molar-refractivity contribution in [2.24, 2.45) is 0 Å². The van der Waals surface area contributed by atoms with E-state index in [4.69, 9.17) is 15.9 Å². The molecule has 34 heavy (non-hydrogen) atoms. The topological polar surface area (TPSA) is 96.7 Å². The summed E-state index contributed by atoms with van der Waals surface area (Å²) in [6, 6.07) is 11.0. The smallest absolute Gasteiger partial charge is 0.335 e. The number of rotatable bonds is 8. The normalized spacial score (nSPS) is 15.8. The van der Waals surface area contributed by atoms with Gasteiger partial charge in [0.2, 0.25) is 13.2 Å². The lowest BCUT2D eigenvalue weighted by Crippen LogP contribution is -2.53. The summed E-state index contributed by atoms with van der Waals surface area (Å²) >= 11 is 1.46. The van der Waals surface area contributed by atoms with E-state index in [1.54, 1.807) is 6.07 Å². The average Bonchev–Trinajstić information content (AvgIpc) is 3.34. The number of nitrogens with zero attached hydrogens (tertiary/aromatic N) is 1. The van der Waals surface area contributed by atoms with E-state index < -0.39 is 30.6 Å². The molecule has 1 aromatic carbocycles. The molecule has 0 aliphatic heterocycles. The van der Waals surface area contributed by atoms with Crippen LogP contribution in [0.25, 0.3) is 21.7 Å². The Kier molecular flexibility index (Phi) is 7.44. The molecule has 3 atom stereocenters. The number of hydrogen-bond donors (Lipinski definition) is 2. The maximum absolute atomic E-state index is 13.7. The van der Waals surface area contributed by atoms with Crippen LogP contribution in [0.2, 0.25) is 0 Å². The first-order valence-electron chi connectivity index (χ1n) is 10.4. The molecule has 0 bridgehead atoms. The third-order valence-electron chi connectivity index (χ3n) is 5.77. The number of thiophene rings is 1. The first-order chi connectivity index (χ1) is 16.0. The predicted octanol–water partition coefficient (Wildman–Crippen LogP) is 5.52. The van der Waals surface area contributed by atoms with Crippen molar-refractivity contribution in [1.29, 1.82) is 0 Å². The van der Waals surface area contributed by atoms with E-state index in [-0.39, 0.29) is 11.5 Å². The summed E-state index contributed by atoms with van der Waals surface area (Å²) in [5.41, 5.74) is -0.388.